The molecule has 3 fully saturated rings. The van der Waals surface area contributed by atoms with Gasteiger partial charge in [-0.3, -0.25) is 19.2 Å². The highest BCUT2D eigenvalue weighted by molar-refractivity contribution is 5.93. The summed E-state index contributed by atoms with van der Waals surface area (Å²) in [6.45, 7) is 4.83. The average Bonchev–Trinajstić information content (AvgIpc) is 3.58. The first kappa shape index (κ1) is 42.1. The van der Waals surface area contributed by atoms with Gasteiger partial charge in [0.2, 0.25) is 23.6 Å². The Kier molecular flexibility index (Phi) is 12.3. The summed E-state index contributed by atoms with van der Waals surface area (Å²) in [5.41, 5.74) is 2.21. The number of nitrogens with one attached hydrogen (secondary N) is 5. The van der Waals surface area contributed by atoms with Crippen LogP contribution in [0.1, 0.15) is 58.4 Å². The number of likely N-dealkylation sites (tertiary alicyclic amines) is 2. The maximum Gasteiger partial charge on any atom is 0.245 e. The Balaban J connectivity index is 1.26. The number of rotatable bonds is 15. The Labute approximate surface area is 340 Å². The lowest BCUT2D eigenvalue weighted by Crippen LogP contribution is -2.54. The van der Waals surface area contributed by atoms with Crippen molar-refractivity contribution in [1.82, 2.24) is 45.6 Å². The number of halogens is 4. The number of H-pyrrole nitrogens is 1. The predicted molar refractivity (Wildman–Crippen MR) is 215 cm³/mol. The number of carbonyl (C=O) groups excluding carboxylic acids is 4. The highest BCUT2D eigenvalue weighted by atomic mass is 19.1. The number of carbonyl (C=O) groups is 4. The van der Waals surface area contributed by atoms with Crippen LogP contribution >= 0.6 is 0 Å². The second-order valence-electron chi connectivity index (χ2n) is 16.3. The van der Waals surface area contributed by atoms with Gasteiger partial charge in [0, 0.05) is 42.4 Å². The molecule has 2 aliphatic heterocycles. The zero-order chi connectivity index (χ0) is 42.3. The molecule has 13 nitrogen and oxygen atoms in total. The lowest BCUT2D eigenvalue weighted by Gasteiger charge is -2.30. The van der Waals surface area contributed by atoms with Gasteiger partial charge in [-0.15, -0.1) is 0 Å². The molecule has 0 radical (unpaired) electrons. The van der Waals surface area contributed by atoms with Gasteiger partial charge in [-0.1, -0.05) is 6.92 Å². The molecule has 4 aromatic rings. The molecule has 17 heteroatoms. The van der Waals surface area contributed by atoms with Crippen LogP contribution in [0.25, 0.3) is 33.5 Å². The lowest BCUT2D eigenvalue weighted by atomic mass is 9.99. The molecule has 8 atom stereocenters. The molecule has 2 aromatic heterocycles. The summed E-state index contributed by atoms with van der Waals surface area (Å²) in [6.07, 6.45) is -0.740. The number of hydrogen-bond donors (Lipinski definition) is 5. The van der Waals surface area contributed by atoms with Crippen LogP contribution in [0.3, 0.4) is 0 Å². The van der Waals surface area contributed by atoms with E-state index in [0.717, 1.165) is 12.8 Å². The van der Waals surface area contributed by atoms with Gasteiger partial charge in [0.15, 0.2) is 5.82 Å². The van der Waals surface area contributed by atoms with E-state index in [1.54, 1.807) is 51.6 Å². The minimum atomic E-state index is -1.34. The van der Waals surface area contributed by atoms with Crippen LogP contribution in [0.2, 0.25) is 0 Å². The molecule has 1 aliphatic carbocycles. The quantitative estimate of drug-likeness (QED) is 0.114. The number of fused-ring (bicyclic) bond motifs is 2. The van der Waals surface area contributed by atoms with Gasteiger partial charge in [0.1, 0.15) is 36.1 Å². The van der Waals surface area contributed by atoms with Crippen molar-refractivity contribution in [2.75, 3.05) is 27.2 Å². The van der Waals surface area contributed by atoms with E-state index in [0.29, 0.717) is 33.5 Å². The molecular formula is C42H53F4N9O4. The third-order valence-corrected chi connectivity index (χ3v) is 12.3. The Morgan fingerprint density at radius 3 is 2.10 bits per heavy atom. The van der Waals surface area contributed by atoms with Crippen molar-refractivity contribution in [2.45, 2.75) is 114 Å². The van der Waals surface area contributed by atoms with Gasteiger partial charge in [0.05, 0.1) is 47.9 Å². The van der Waals surface area contributed by atoms with Gasteiger partial charge < -0.3 is 40.6 Å². The summed E-state index contributed by atoms with van der Waals surface area (Å²) >= 11 is 0. The molecule has 1 saturated carbocycles. The smallest absolute Gasteiger partial charge is 0.245 e. The number of aromatic amines is 1. The van der Waals surface area contributed by atoms with Gasteiger partial charge in [0.25, 0.3) is 0 Å². The zero-order valence-corrected chi connectivity index (χ0v) is 34.0. The van der Waals surface area contributed by atoms with E-state index in [4.69, 9.17) is 4.98 Å². The molecule has 318 valence electrons. The number of imidazole rings is 1. The van der Waals surface area contributed by atoms with E-state index >= 15 is 8.78 Å². The molecule has 0 unspecified atom stereocenters. The zero-order valence-electron chi connectivity index (χ0n) is 34.0. The first-order valence-electron chi connectivity index (χ1n) is 20.5. The molecular weight excluding hydrogens is 771 g/mol. The fourth-order valence-corrected chi connectivity index (χ4v) is 8.55. The van der Waals surface area contributed by atoms with Crippen LogP contribution in [0.15, 0.2) is 36.4 Å². The van der Waals surface area contributed by atoms with Gasteiger partial charge >= 0.3 is 0 Å². The molecule has 4 amide bonds. The number of nitrogens with zero attached hydrogens (tertiary/aromatic N) is 4. The molecule has 0 spiro atoms. The largest absolute Gasteiger partial charge is 0.352 e. The van der Waals surface area contributed by atoms with E-state index in [1.165, 1.54) is 34.1 Å². The van der Waals surface area contributed by atoms with E-state index in [2.05, 4.69) is 26.3 Å². The number of alkyl halides is 2. The Morgan fingerprint density at radius 1 is 0.847 bits per heavy atom. The second kappa shape index (κ2) is 17.3. The van der Waals surface area contributed by atoms with Crippen LogP contribution in [0.4, 0.5) is 17.6 Å². The topological polar surface area (TPSA) is 156 Å². The molecule has 0 bridgehead atoms. The van der Waals surface area contributed by atoms with E-state index in [9.17, 15) is 28.0 Å². The highest BCUT2D eigenvalue weighted by Gasteiger charge is 2.45. The summed E-state index contributed by atoms with van der Waals surface area (Å²) in [6, 6.07) is 4.20. The summed E-state index contributed by atoms with van der Waals surface area (Å²) in [5.74, 6) is -2.31. The third-order valence-electron chi connectivity index (χ3n) is 12.3. The molecule has 59 heavy (non-hydrogen) atoms. The Morgan fingerprint density at radius 2 is 1.46 bits per heavy atom. The predicted octanol–water partition coefficient (Wildman–Crippen LogP) is 3.89. The molecule has 7 rings (SSSR count). The maximum absolute atomic E-state index is 15.4. The number of amides is 4. The van der Waals surface area contributed by atoms with Crippen molar-refractivity contribution in [1.29, 1.82) is 0 Å². The first-order chi connectivity index (χ1) is 28.2. The fourth-order valence-electron chi connectivity index (χ4n) is 8.55. The summed E-state index contributed by atoms with van der Waals surface area (Å²) in [4.78, 5) is 65.0. The van der Waals surface area contributed by atoms with Gasteiger partial charge in [-0.2, -0.15) is 0 Å². The average molecular weight is 824 g/mol. The lowest BCUT2D eigenvalue weighted by molar-refractivity contribution is -0.138. The number of benzene rings is 2. The van der Waals surface area contributed by atoms with Gasteiger partial charge in [-0.05, 0) is 95.4 Å². The SMILES string of the molecule is CC[C@H](NC(=O)[C@H](C)NC)C(=O)N1C[C@@H](F)C[C@H]1Cc1c(-c2nc3cc(F)ccc3n2C[C@@H]2C[C@H](F)CN2C(=O)[C@@H](NC(=O)[C@H](C)NC)C2CC2)[nH]c2cc(F)ccc12. The fraction of sp³-hybridized carbons (Fsp3) is 0.548. The van der Waals surface area contributed by atoms with Gasteiger partial charge in [-0.25, -0.2) is 22.5 Å². The minimum absolute atomic E-state index is 0.00827. The Bertz CT molecular complexity index is 2230. The van der Waals surface area contributed by atoms with E-state index in [-0.39, 0.29) is 74.5 Å². The summed E-state index contributed by atoms with van der Waals surface area (Å²) in [7, 11) is 3.28. The third kappa shape index (κ3) is 8.67. The van der Waals surface area contributed by atoms with Crippen LogP contribution < -0.4 is 21.3 Å². The molecule has 5 N–H and O–H groups in total. The molecule has 4 heterocycles. The first-order valence-corrected chi connectivity index (χ1v) is 20.5. The van der Waals surface area contributed by atoms with Crippen LogP contribution in [0, 0.1) is 17.6 Å². The number of hydrogen-bond acceptors (Lipinski definition) is 7. The summed E-state index contributed by atoms with van der Waals surface area (Å²) in [5, 5.41) is 12.0. The number of aromatic nitrogens is 3. The van der Waals surface area contributed by atoms with Crippen molar-refractivity contribution in [2.24, 2.45) is 5.92 Å². The van der Waals surface area contributed by atoms with Crippen molar-refractivity contribution in [3.8, 4) is 11.5 Å². The van der Waals surface area contributed by atoms with Crippen molar-refractivity contribution in [3.05, 3.63) is 53.6 Å². The Hall–Kier alpha value is -5.03. The molecule has 2 aromatic carbocycles. The van der Waals surface area contributed by atoms with Crippen molar-refractivity contribution >= 4 is 45.6 Å². The minimum Gasteiger partial charge on any atom is -0.352 e. The highest BCUT2D eigenvalue weighted by Crippen LogP contribution is 2.38. The molecule has 2 saturated heterocycles. The number of likely N-dealkylation sites (N-methyl/N-ethyl adjacent to an activating group) is 2. The summed E-state index contributed by atoms with van der Waals surface area (Å²) < 4.78 is 62.2. The van der Waals surface area contributed by atoms with Crippen molar-refractivity contribution < 1.29 is 36.7 Å². The molecule has 3 aliphatic rings. The second-order valence-corrected chi connectivity index (χ2v) is 16.3. The maximum atomic E-state index is 15.4. The van der Waals surface area contributed by atoms with Crippen molar-refractivity contribution in [3.63, 3.8) is 0 Å². The monoisotopic (exact) mass is 823 g/mol. The normalized spacial score (nSPS) is 22.8. The van der Waals surface area contributed by atoms with Crippen LogP contribution in [0.5, 0.6) is 0 Å². The van der Waals surface area contributed by atoms with Crippen LogP contribution in [-0.2, 0) is 32.1 Å². The van der Waals surface area contributed by atoms with E-state index < -0.39 is 66.1 Å². The standard InChI is InChI=1S/C42H53F4N9O4/c1-6-32(51-39(56)21(2)47-4)41(58)53-18-26(45)13-28(53)17-31-30-11-9-24(43)15-33(30)49-37(31)38-50-34-16-25(44)10-12-35(34)55(38)20-29-14-27(46)19-54(29)42(59)36(23-7-8-23)52-40(57)22(3)48-5/h9-12,15-16,21-23,26-29,32,36,47-49H,6-8,13-14,17-20H2,1-5H3,(H,51,56)(H,52,57)/t21-,22-,26-,27-,28-,29-,32-,36-/m0/s1. The van der Waals surface area contributed by atoms with Crippen LogP contribution in [-0.4, -0.2) is 124 Å². The van der Waals surface area contributed by atoms with E-state index in [1.807, 2.05) is 0 Å².